The summed E-state index contributed by atoms with van der Waals surface area (Å²) in [6.07, 6.45) is 1.26. The third kappa shape index (κ3) is 3.07. The molecule has 2 aromatic rings. The Labute approximate surface area is 109 Å². The second-order valence-corrected chi connectivity index (χ2v) is 4.99. The van der Waals surface area contributed by atoms with Gasteiger partial charge in [0.1, 0.15) is 0 Å². The number of carbonyl (C=O) groups is 1. The summed E-state index contributed by atoms with van der Waals surface area (Å²) in [7, 11) is 0. The largest absolute Gasteiger partial charge is 0.478 e. The average Bonchev–Trinajstić information content (AvgIpc) is 2.80. The fraction of sp³-hybridized carbons (Fsp3) is 0.100. The average molecular weight is 315 g/mol. The number of carboxylic acids is 1. The highest BCUT2D eigenvalue weighted by Crippen LogP contribution is 2.26. The SMILES string of the molecule is O=C(O)c1cc(SCc2ncon2)ccc1Br. The standard InChI is InChI=1S/C10H7BrN2O3S/c11-8-2-1-6(3-7(8)10(14)15)17-4-9-12-5-16-13-9/h1-3,5H,4H2,(H,14,15). The second-order valence-electron chi connectivity index (χ2n) is 3.08. The van der Waals surface area contributed by atoms with Gasteiger partial charge in [-0.15, -0.1) is 11.8 Å². The molecule has 2 rings (SSSR count). The zero-order valence-electron chi connectivity index (χ0n) is 8.46. The van der Waals surface area contributed by atoms with Gasteiger partial charge in [-0.3, -0.25) is 0 Å². The minimum absolute atomic E-state index is 0.239. The van der Waals surface area contributed by atoms with Crippen molar-refractivity contribution in [2.24, 2.45) is 0 Å². The van der Waals surface area contributed by atoms with Gasteiger partial charge in [-0.05, 0) is 34.1 Å². The number of nitrogens with zero attached hydrogens (tertiary/aromatic N) is 2. The van der Waals surface area contributed by atoms with Crippen LogP contribution in [0.2, 0.25) is 0 Å². The van der Waals surface area contributed by atoms with Crippen molar-refractivity contribution in [1.29, 1.82) is 0 Å². The van der Waals surface area contributed by atoms with Crippen LogP contribution in [0.15, 0.2) is 38.5 Å². The van der Waals surface area contributed by atoms with E-state index in [2.05, 4.69) is 30.6 Å². The molecule has 0 amide bonds. The van der Waals surface area contributed by atoms with E-state index in [4.69, 9.17) is 5.11 Å². The van der Waals surface area contributed by atoms with Crippen LogP contribution in [0.3, 0.4) is 0 Å². The molecule has 0 aliphatic carbocycles. The number of thioether (sulfide) groups is 1. The van der Waals surface area contributed by atoms with Crippen LogP contribution < -0.4 is 0 Å². The quantitative estimate of drug-likeness (QED) is 0.874. The Bertz CT molecular complexity index is 530. The lowest BCUT2D eigenvalue weighted by Crippen LogP contribution is -1.97. The van der Waals surface area contributed by atoms with Crippen LogP contribution in [0, 0.1) is 0 Å². The van der Waals surface area contributed by atoms with Crippen LogP contribution in [0.25, 0.3) is 0 Å². The molecule has 0 atom stereocenters. The number of benzene rings is 1. The van der Waals surface area contributed by atoms with E-state index in [1.165, 1.54) is 18.2 Å². The summed E-state index contributed by atoms with van der Waals surface area (Å²) in [5.41, 5.74) is 0.239. The number of carboxylic acid groups (broad SMARTS) is 1. The molecule has 0 saturated carbocycles. The van der Waals surface area contributed by atoms with Crippen molar-refractivity contribution in [2.75, 3.05) is 0 Å². The topological polar surface area (TPSA) is 76.2 Å². The molecule has 1 aromatic carbocycles. The van der Waals surface area contributed by atoms with Crippen molar-refractivity contribution in [3.05, 3.63) is 40.5 Å². The molecule has 0 radical (unpaired) electrons. The van der Waals surface area contributed by atoms with E-state index in [0.717, 1.165) is 4.90 Å². The first-order valence-electron chi connectivity index (χ1n) is 4.57. The van der Waals surface area contributed by atoms with Crippen LogP contribution in [0.1, 0.15) is 16.2 Å². The second kappa shape index (κ2) is 5.33. The monoisotopic (exact) mass is 314 g/mol. The summed E-state index contributed by atoms with van der Waals surface area (Å²) in [4.78, 5) is 15.7. The predicted molar refractivity (Wildman–Crippen MR) is 65.0 cm³/mol. The predicted octanol–water partition coefficient (Wildman–Crippen LogP) is 2.82. The number of rotatable bonds is 4. The lowest BCUT2D eigenvalue weighted by Gasteiger charge is -2.02. The molecular formula is C10H7BrN2O3S. The molecule has 17 heavy (non-hydrogen) atoms. The third-order valence-corrected chi connectivity index (χ3v) is 3.62. The number of hydrogen-bond acceptors (Lipinski definition) is 5. The van der Waals surface area contributed by atoms with Crippen LogP contribution >= 0.6 is 27.7 Å². The fourth-order valence-electron chi connectivity index (χ4n) is 1.16. The molecule has 0 aliphatic rings. The van der Waals surface area contributed by atoms with Gasteiger partial charge < -0.3 is 9.63 Å². The maximum atomic E-state index is 10.9. The molecule has 5 nitrogen and oxygen atoms in total. The highest BCUT2D eigenvalue weighted by molar-refractivity contribution is 9.10. The van der Waals surface area contributed by atoms with Gasteiger partial charge in [0.2, 0.25) is 6.39 Å². The summed E-state index contributed by atoms with van der Waals surface area (Å²) in [5, 5.41) is 12.6. The van der Waals surface area contributed by atoms with Crippen molar-refractivity contribution in [3.63, 3.8) is 0 Å². The summed E-state index contributed by atoms with van der Waals surface area (Å²) >= 11 is 4.64. The van der Waals surface area contributed by atoms with Crippen molar-refractivity contribution >= 4 is 33.7 Å². The van der Waals surface area contributed by atoms with Crippen molar-refractivity contribution in [3.8, 4) is 0 Å². The molecule has 0 unspecified atom stereocenters. The van der Waals surface area contributed by atoms with Crippen molar-refractivity contribution in [1.82, 2.24) is 10.1 Å². The van der Waals surface area contributed by atoms with E-state index in [1.54, 1.807) is 12.1 Å². The van der Waals surface area contributed by atoms with Crippen LogP contribution in [-0.4, -0.2) is 21.2 Å². The highest BCUT2D eigenvalue weighted by Gasteiger charge is 2.09. The molecule has 0 bridgehead atoms. The summed E-state index contributed by atoms with van der Waals surface area (Å²) in [5.74, 6) is 0.158. The van der Waals surface area contributed by atoms with Crippen molar-refractivity contribution < 1.29 is 14.4 Å². The van der Waals surface area contributed by atoms with Gasteiger partial charge in [0.05, 0.1) is 11.3 Å². The van der Waals surface area contributed by atoms with Crippen LogP contribution in [-0.2, 0) is 5.75 Å². The number of hydrogen-bond donors (Lipinski definition) is 1. The maximum Gasteiger partial charge on any atom is 0.336 e. The highest BCUT2D eigenvalue weighted by atomic mass is 79.9. The minimum Gasteiger partial charge on any atom is -0.478 e. The summed E-state index contributed by atoms with van der Waals surface area (Å²) < 4.78 is 5.17. The van der Waals surface area contributed by atoms with Gasteiger partial charge in [-0.2, -0.15) is 4.98 Å². The molecule has 7 heteroatoms. The van der Waals surface area contributed by atoms with E-state index in [9.17, 15) is 4.79 Å². The van der Waals surface area contributed by atoms with E-state index in [-0.39, 0.29) is 5.56 Å². The number of aromatic nitrogens is 2. The molecule has 1 aromatic heterocycles. The Morgan fingerprint density at radius 2 is 2.35 bits per heavy atom. The smallest absolute Gasteiger partial charge is 0.336 e. The summed E-state index contributed by atoms with van der Waals surface area (Å²) in [6.45, 7) is 0. The molecule has 0 fully saturated rings. The zero-order valence-corrected chi connectivity index (χ0v) is 10.9. The molecular weight excluding hydrogens is 308 g/mol. The van der Waals surface area contributed by atoms with Crippen LogP contribution in [0.4, 0.5) is 0 Å². The Morgan fingerprint density at radius 3 is 3.00 bits per heavy atom. The first-order chi connectivity index (χ1) is 8.16. The normalized spacial score (nSPS) is 10.4. The Morgan fingerprint density at radius 1 is 1.53 bits per heavy atom. The maximum absolute atomic E-state index is 10.9. The molecule has 0 aliphatic heterocycles. The van der Waals surface area contributed by atoms with E-state index in [1.807, 2.05) is 6.07 Å². The molecule has 1 N–H and O–H groups in total. The molecule has 88 valence electrons. The van der Waals surface area contributed by atoms with Gasteiger partial charge in [0, 0.05) is 9.37 Å². The van der Waals surface area contributed by atoms with E-state index >= 15 is 0 Å². The summed E-state index contributed by atoms with van der Waals surface area (Å²) in [6, 6.07) is 5.15. The zero-order chi connectivity index (χ0) is 12.3. The minimum atomic E-state index is -0.959. The van der Waals surface area contributed by atoms with Gasteiger partial charge in [-0.1, -0.05) is 5.16 Å². The third-order valence-electron chi connectivity index (χ3n) is 1.94. The Hall–Kier alpha value is -1.34. The first kappa shape index (κ1) is 12.1. The molecule has 0 saturated heterocycles. The first-order valence-corrected chi connectivity index (χ1v) is 6.35. The van der Waals surface area contributed by atoms with Gasteiger partial charge in [0.25, 0.3) is 0 Å². The van der Waals surface area contributed by atoms with Crippen LogP contribution in [0.5, 0.6) is 0 Å². The van der Waals surface area contributed by atoms with Gasteiger partial charge >= 0.3 is 5.97 Å². The Kier molecular flexibility index (Phi) is 3.80. The number of aromatic carboxylic acids is 1. The fourth-order valence-corrected chi connectivity index (χ4v) is 2.37. The molecule has 0 spiro atoms. The van der Waals surface area contributed by atoms with E-state index < -0.39 is 5.97 Å². The van der Waals surface area contributed by atoms with E-state index in [0.29, 0.717) is 16.0 Å². The number of halogens is 1. The van der Waals surface area contributed by atoms with Gasteiger partial charge in [0.15, 0.2) is 5.82 Å². The lowest BCUT2D eigenvalue weighted by molar-refractivity contribution is 0.0695. The molecule has 1 heterocycles. The van der Waals surface area contributed by atoms with Crippen molar-refractivity contribution in [2.45, 2.75) is 10.6 Å². The Balaban J connectivity index is 2.11. The van der Waals surface area contributed by atoms with Gasteiger partial charge in [-0.25, -0.2) is 4.79 Å². The lowest BCUT2D eigenvalue weighted by atomic mass is 10.2.